The van der Waals surface area contributed by atoms with Crippen LogP contribution in [0.5, 0.6) is 0 Å². The minimum atomic E-state index is -0.0488. The number of halogens is 1. The predicted octanol–water partition coefficient (Wildman–Crippen LogP) is 3.52. The molecule has 1 aromatic carbocycles. The molecule has 1 heterocycles. The largest absolute Gasteiger partial charge is 0.357 e. The Balaban J connectivity index is 0.00000450. The van der Waals surface area contributed by atoms with Crippen molar-refractivity contribution >= 4 is 47.2 Å². The van der Waals surface area contributed by atoms with Crippen LogP contribution in [0.4, 0.5) is 0 Å². The number of hydrogen-bond acceptors (Lipinski definition) is 4. The molecule has 0 aliphatic rings. The van der Waals surface area contributed by atoms with Crippen molar-refractivity contribution in [2.45, 2.75) is 26.3 Å². The van der Waals surface area contributed by atoms with E-state index in [1.54, 1.807) is 11.3 Å². The average Bonchev–Trinajstić information content (AvgIpc) is 3.24. The number of nitrogens with zero attached hydrogens (tertiary/aromatic N) is 2. The molecule has 0 spiro atoms. The maximum atomic E-state index is 12.3. The third-order valence-electron chi connectivity index (χ3n) is 4.49. The third kappa shape index (κ3) is 9.44. The highest BCUT2D eigenvalue weighted by molar-refractivity contribution is 14.0. The van der Waals surface area contributed by atoms with Crippen LogP contribution in [-0.4, -0.2) is 57.0 Å². The number of guanidine groups is 1. The molecule has 2 rings (SSSR count). The number of nitrogens with one attached hydrogen (secondary N) is 3. The van der Waals surface area contributed by atoms with Crippen molar-refractivity contribution in [3.63, 3.8) is 0 Å². The van der Waals surface area contributed by atoms with Crippen LogP contribution in [0, 0.1) is 0 Å². The molecule has 1 unspecified atom stereocenters. The minimum absolute atomic E-state index is 0. The minimum Gasteiger partial charge on any atom is -0.357 e. The summed E-state index contributed by atoms with van der Waals surface area (Å²) < 4.78 is 0. The monoisotopic (exact) mass is 543 g/mol. The molecule has 2 aromatic rings. The van der Waals surface area contributed by atoms with Crippen LogP contribution in [0.15, 0.2) is 46.1 Å². The summed E-state index contributed by atoms with van der Waals surface area (Å²) in [5, 5.41) is 13.9. The molecule has 0 saturated carbocycles. The topological polar surface area (TPSA) is 68.8 Å². The van der Waals surface area contributed by atoms with Gasteiger partial charge in [0.05, 0.1) is 6.54 Å². The van der Waals surface area contributed by atoms with Crippen molar-refractivity contribution in [2.24, 2.45) is 4.99 Å². The highest BCUT2D eigenvalue weighted by atomic mass is 127. The summed E-state index contributed by atoms with van der Waals surface area (Å²) in [6.07, 6.45) is 0. The van der Waals surface area contributed by atoms with E-state index in [-0.39, 0.29) is 29.9 Å². The van der Waals surface area contributed by atoms with E-state index in [1.165, 1.54) is 5.56 Å². The van der Waals surface area contributed by atoms with Gasteiger partial charge in [-0.15, -0.1) is 24.0 Å². The van der Waals surface area contributed by atoms with Crippen LogP contribution in [0.3, 0.4) is 0 Å². The Hall–Kier alpha value is -1.65. The molecule has 30 heavy (non-hydrogen) atoms. The molecule has 0 bridgehead atoms. The van der Waals surface area contributed by atoms with Crippen LogP contribution >= 0.6 is 35.3 Å². The molecule has 166 valence electrons. The summed E-state index contributed by atoms with van der Waals surface area (Å²) in [5.74, 6) is 1.15. The van der Waals surface area contributed by atoms with Crippen LogP contribution in [0.2, 0.25) is 0 Å². The molecule has 0 radical (unpaired) electrons. The van der Waals surface area contributed by atoms with Gasteiger partial charge in [0.1, 0.15) is 0 Å². The van der Waals surface area contributed by atoms with E-state index in [0.717, 1.165) is 31.2 Å². The number of aliphatic imine (C=N–C) groups is 1. The van der Waals surface area contributed by atoms with E-state index in [0.29, 0.717) is 24.6 Å². The van der Waals surface area contributed by atoms with E-state index in [1.807, 2.05) is 43.3 Å². The predicted molar refractivity (Wildman–Crippen MR) is 138 cm³/mol. The number of rotatable bonds is 10. The lowest BCUT2D eigenvalue weighted by atomic mass is 10.1. The highest BCUT2D eigenvalue weighted by Gasteiger charge is 2.08. The van der Waals surface area contributed by atoms with Crippen LogP contribution in [-0.2, 0) is 6.54 Å². The first-order valence-electron chi connectivity index (χ1n) is 10.1. The van der Waals surface area contributed by atoms with Gasteiger partial charge in [-0.05, 0) is 67.0 Å². The van der Waals surface area contributed by atoms with Gasteiger partial charge < -0.3 is 20.9 Å². The molecule has 3 N–H and O–H groups in total. The van der Waals surface area contributed by atoms with Crippen LogP contribution in [0.25, 0.3) is 0 Å². The Labute approximate surface area is 201 Å². The smallest absolute Gasteiger partial charge is 0.251 e. The summed E-state index contributed by atoms with van der Waals surface area (Å²) in [4.78, 5) is 19.0. The summed E-state index contributed by atoms with van der Waals surface area (Å²) in [6.45, 7) is 7.84. The van der Waals surface area contributed by atoms with Gasteiger partial charge in [-0.2, -0.15) is 11.3 Å². The second-order valence-corrected chi connectivity index (χ2v) is 8.07. The van der Waals surface area contributed by atoms with E-state index >= 15 is 0 Å². The van der Waals surface area contributed by atoms with E-state index < -0.39 is 0 Å². The number of carbonyl (C=O) groups is 1. The van der Waals surface area contributed by atoms with Gasteiger partial charge in [-0.3, -0.25) is 4.79 Å². The first kappa shape index (κ1) is 26.4. The Morgan fingerprint density at radius 1 is 1.20 bits per heavy atom. The summed E-state index contributed by atoms with van der Waals surface area (Å²) >= 11 is 1.72. The molecule has 0 saturated heterocycles. The number of benzene rings is 1. The average molecular weight is 544 g/mol. The van der Waals surface area contributed by atoms with Crippen LogP contribution in [0.1, 0.15) is 41.3 Å². The molecule has 0 fully saturated rings. The quantitative estimate of drug-likeness (QED) is 0.244. The normalized spacial score (nSPS) is 12.2. The lowest BCUT2D eigenvalue weighted by Gasteiger charge is -2.15. The molecule has 1 aromatic heterocycles. The molecule has 8 heteroatoms. The zero-order chi connectivity index (χ0) is 21.1. The Bertz CT molecular complexity index is 780. The lowest BCUT2D eigenvalue weighted by Crippen LogP contribution is -2.39. The molecule has 6 nitrogen and oxygen atoms in total. The number of thiophene rings is 1. The van der Waals surface area contributed by atoms with Crippen molar-refractivity contribution in [1.82, 2.24) is 20.9 Å². The summed E-state index contributed by atoms with van der Waals surface area (Å²) in [7, 11) is 3.98. The summed E-state index contributed by atoms with van der Waals surface area (Å²) in [6, 6.07) is 9.81. The standard InChI is InChI=1S/C22H33N5OS.HI/c1-5-23-22(25-14-17(2)20-9-12-29-16-20)26-15-18-7-6-8-19(13-18)21(28)24-10-11-27(3)4;/h6-9,12-13,16-17H,5,10-11,14-15H2,1-4H3,(H,24,28)(H2,23,25,26);1H. The number of amides is 1. The van der Waals surface area contributed by atoms with Gasteiger partial charge in [-0.25, -0.2) is 4.99 Å². The van der Waals surface area contributed by atoms with E-state index in [9.17, 15) is 4.79 Å². The Kier molecular flexibility index (Phi) is 12.6. The van der Waals surface area contributed by atoms with Crippen molar-refractivity contribution in [2.75, 3.05) is 40.3 Å². The van der Waals surface area contributed by atoms with Gasteiger partial charge in [0.2, 0.25) is 0 Å². The first-order chi connectivity index (χ1) is 14.0. The van der Waals surface area contributed by atoms with Crippen molar-refractivity contribution in [3.05, 3.63) is 57.8 Å². The number of carbonyl (C=O) groups excluding carboxylic acids is 1. The first-order valence-corrected chi connectivity index (χ1v) is 11.0. The fourth-order valence-electron chi connectivity index (χ4n) is 2.74. The van der Waals surface area contributed by atoms with E-state index in [4.69, 9.17) is 0 Å². The van der Waals surface area contributed by atoms with Gasteiger partial charge in [0, 0.05) is 31.7 Å². The van der Waals surface area contributed by atoms with Gasteiger partial charge in [0.15, 0.2) is 5.96 Å². The number of likely N-dealkylation sites (N-methyl/N-ethyl adjacent to an activating group) is 1. The van der Waals surface area contributed by atoms with E-state index in [2.05, 4.69) is 51.6 Å². The van der Waals surface area contributed by atoms with Gasteiger partial charge in [0.25, 0.3) is 5.91 Å². The van der Waals surface area contributed by atoms with Crippen LogP contribution < -0.4 is 16.0 Å². The molecule has 0 aliphatic heterocycles. The Morgan fingerprint density at radius 3 is 2.67 bits per heavy atom. The zero-order valence-corrected chi connectivity index (χ0v) is 21.4. The van der Waals surface area contributed by atoms with Crippen molar-refractivity contribution in [3.8, 4) is 0 Å². The second kappa shape index (κ2) is 14.4. The highest BCUT2D eigenvalue weighted by Crippen LogP contribution is 2.17. The Morgan fingerprint density at radius 2 is 2.00 bits per heavy atom. The molecular formula is C22H34IN5OS. The zero-order valence-electron chi connectivity index (χ0n) is 18.3. The fraction of sp³-hybridized carbons (Fsp3) is 0.455. The molecule has 0 aliphatic carbocycles. The molecule has 1 atom stereocenters. The maximum Gasteiger partial charge on any atom is 0.251 e. The van der Waals surface area contributed by atoms with Crippen molar-refractivity contribution in [1.29, 1.82) is 0 Å². The van der Waals surface area contributed by atoms with Gasteiger partial charge in [-0.1, -0.05) is 19.1 Å². The lowest BCUT2D eigenvalue weighted by molar-refractivity contribution is 0.0951. The third-order valence-corrected chi connectivity index (χ3v) is 5.19. The molecule has 1 amide bonds. The van der Waals surface area contributed by atoms with Crippen molar-refractivity contribution < 1.29 is 4.79 Å². The van der Waals surface area contributed by atoms with Gasteiger partial charge >= 0.3 is 0 Å². The molecular weight excluding hydrogens is 509 g/mol. The maximum absolute atomic E-state index is 12.3. The fourth-order valence-corrected chi connectivity index (χ4v) is 3.52. The second-order valence-electron chi connectivity index (χ2n) is 7.29. The summed E-state index contributed by atoms with van der Waals surface area (Å²) in [5.41, 5.74) is 3.01. The SMILES string of the molecule is CCNC(=NCc1cccc(C(=O)NCCN(C)C)c1)NCC(C)c1ccsc1.I. The number of hydrogen-bond donors (Lipinski definition) is 3.